The molecule has 2 aromatic rings. The Labute approximate surface area is 157 Å². The SMILES string of the molecule is CCOC(=O)N1CCN(C(=O)c2cnc(NCc3cccnc3)nc2)CC1. The summed E-state index contributed by atoms with van der Waals surface area (Å²) in [6, 6.07) is 3.81. The van der Waals surface area contributed by atoms with Gasteiger partial charge in [-0.15, -0.1) is 0 Å². The van der Waals surface area contributed by atoms with Gasteiger partial charge in [0.05, 0.1) is 12.2 Å². The number of nitrogens with one attached hydrogen (secondary N) is 1. The van der Waals surface area contributed by atoms with Crippen molar-refractivity contribution < 1.29 is 14.3 Å². The van der Waals surface area contributed by atoms with E-state index in [2.05, 4.69) is 20.3 Å². The minimum atomic E-state index is -0.336. The summed E-state index contributed by atoms with van der Waals surface area (Å²) in [6.45, 7) is 4.49. The first kappa shape index (κ1) is 18.6. The van der Waals surface area contributed by atoms with Crippen LogP contribution in [0.25, 0.3) is 0 Å². The average Bonchev–Trinajstić information content (AvgIpc) is 2.73. The number of nitrogens with zero attached hydrogens (tertiary/aromatic N) is 5. The van der Waals surface area contributed by atoms with Gasteiger partial charge in [-0.2, -0.15) is 0 Å². The zero-order valence-electron chi connectivity index (χ0n) is 15.2. The molecule has 0 atom stereocenters. The first-order valence-electron chi connectivity index (χ1n) is 8.83. The van der Waals surface area contributed by atoms with Crippen LogP contribution in [-0.4, -0.2) is 69.5 Å². The van der Waals surface area contributed by atoms with Crippen LogP contribution < -0.4 is 5.32 Å². The average molecular weight is 370 g/mol. The summed E-state index contributed by atoms with van der Waals surface area (Å²) in [6.07, 6.45) is 6.17. The number of ether oxygens (including phenoxy) is 1. The predicted molar refractivity (Wildman–Crippen MR) is 98.1 cm³/mol. The molecule has 27 heavy (non-hydrogen) atoms. The van der Waals surface area contributed by atoms with Crippen LogP contribution >= 0.6 is 0 Å². The molecule has 9 heteroatoms. The zero-order valence-corrected chi connectivity index (χ0v) is 15.2. The molecule has 142 valence electrons. The van der Waals surface area contributed by atoms with Gasteiger partial charge in [0.15, 0.2) is 0 Å². The minimum absolute atomic E-state index is 0.141. The highest BCUT2D eigenvalue weighted by molar-refractivity contribution is 5.93. The van der Waals surface area contributed by atoms with Crippen LogP contribution in [0.1, 0.15) is 22.8 Å². The van der Waals surface area contributed by atoms with E-state index in [4.69, 9.17) is 4.74 Å². The van der Waals surface area contributed by atoms with Crippen LogP contribution in [0.2, 0.25) is 0 Å². The maximum absolute atomic E-state index is 12.6. The van der Waals surface area contributed by atoms with Gasteiger partial charge in [-0.1, -0.05) is 6.07 Å². The second-order valence-electron chi connectivity index (χ2n) is 5.99. The van der Waals surface area contributed by atoms with Crippen molar-refractivity contribution in [2.45, 2.75) is 13.5 Å². The Kier molecular flexibility index (Phi) is 6.14. The molecule has 1 N–H and O–H groups in total. The van der Waals surface area contributed by atoms with E-state index >= 15 is 0 Å². The highest BCUT2D eigenvalue weighted by Crippen LogP contribution is 2.10. The lowest BCUT2D eigenvalue weighted by molar-refractivity contribution is 0.0570. The Morgan fingerprint density at radius 2 is 1.81 bits per heavy atom. The lowest BCUT2D eigenvalue weighted by Crippen LogP contribution is -2.50. The molecule has 0 radical (unpaired) electrons. The zero-order chi connectivity index (χ0) is 19.1. The van der Waals surface area contributed by atoms with Crippen molar-refractivity contribution >= 4 is 17.9 Å². The number of hydrogen-bond acceptors (Lipinski definition) is 7. The van der Waals surface area contributed by atoms with Crippen LogP contribution in [0.3, 0.4) is 0 Å². The summed E-state index contributed by atoms with van der Waals surface area (Å²) >= 11 is 0. The van der Waals surface area contributed by atoms with Gasteiger partial charge in [-0.3, -0.25) is 9.78 Å². The maximum atomic E-state index is 12.6. The second-order valence-corrected chi connectivity index (χ2v) is 5.99. The van der Waals surface area contributed by atoms with Gasteiger partial charge in [0.1, 0.15) is 0 Å². The third-order valence-electron chi connectivity index (χ3n) is 4.17. The van der Waals surface area contributed by atoms with E-state index < -0.39 is 0 Å². The Morgan fingerprint density at radius 1 is 1.11 bits per heavy atom. The number of aromatic nitrogens is 3. The van der Waals surface area contributed by atoms with Crippen molar-refractivity contribution in [3.05, 3.63) is 48.0 Å². The van der Waals surface area contributed by atoms with Crippen LogP contribution in [0.15, 0.2) is 36.9 Å². The van der Waals surface area contributed by atoms with Gasteiger partial charge in [0.25, 0.3) is 5.91 Å². The fourth-order valence-corrected chi connectivity index (χ4v) is 2.70. The number of anilines is 1. The molecule has 1 aliphatic heterocycles. The van der Waals surface area contributed by atoms with E-state index in [0.717, 1.165) is 5.56 Å². The molecule has 0 aromatic carbocycles. The molecular formula is C18H22N6O3. The number of pyridine rings is 1. The number of amides is 2. The van der Waals surface area contributed by atoms with Crippen molar-refractivity contribution in [2.24, 2.45) is 0 Å². The van der Waals surface area contributed by atoms with E-state index in [1.54, 1.807) is 29.1 Å². The van der Waals surface area contributed by atoms with Crippen LogP contribution in [0.5, 0.6) is 0 Å². The molecule has 9 nitrogen and oxygen atoms in total. The smallest absolute Gasteiger partial charge is 0.409 e. The Morgan fingerprint density at radius 3 is 2.44 bits per heavy atom. The van der Waals surface area contributed by atoms with Gasteiger partial charge in [-0.05, 0) is 18.6 Å². The van der Waals surface area contributed by atoms with Crippen molar-refractivity contribution in [3.8, 4) is 0 Å². The van der Waals surface area contributed by atoms with E-state index in [1.165, 1.54) is 12.4 Å². The van der Waals surface area contributed by atoms with Crippen LogP contribution in [0.4, 0.5) is 10.7 Å². The Balaban J connectivity index is 1.51. The van der Waals surface area contributed by atoms with Gasteiger partial charge in [-0.25, -0.2) is 14.8 Å². The number of carbonyl (C=O) groups is 2. The third kappa shape index (κ3) is 4.90. The number of carbonyl (C=O) groups excluding carboxylic acids is 2. The van der Waals surface area contributed by atoms with Gasteiger partial charge in [0.2, 0.25) is 5.95 Å². The molecule has 2 amide bonds. The van der Waals surface area contributed by atoms with Crippen LogP contribution in [0, 0.1) is 0 Å². The quantitative estimate of drug-likeness (QED) is 0.849. The maximum Gasteiger partial charge on any atom is 0.409 e. The molecule has 1 fully saturated rings. The number of hydrogen-bond donors (Lipinski definition) is 1. The Bertz CT molecular complexity index is 760. The lowest BCUT2D eigenvalue weighted by Gasteiger charge is -2.33. The van der Waals surface area contributed by atoms with Gasteiger partial charge >= 0.3 is 6.09 Å². The summed E-state index contributed by atoms with van der Waals surface area (Å²) in [5, 5.41) is 3.09. The molecule has 3 rings (SSSR count). The first-order chi connectivity index (χ1) is 13.2. The number of rotatable bonds is 5. The standard InChI is InChI=1S/C18H22N6O3/c1-2-27-18(26)24-8-6-23(7-9-24)16(25)15-12-21-17(22-13-15)20-11-14-4-3-5-19-10-14/h3-5,10,12-13H,2,6-9,11H2,1H3,(H,20,21,22). The molecule has 0 saturated carbocycles. The molecule has 1 saturated heterocycles. The highest BCUT2D eigenvalue weighted by atomic mass is 16.6. The molecule has 1 aliphatic rings. The normalized spacial score (nSPS) is 14.0. The highest BCUT2D eigenvalue weighted by Gasteiger charge is 2.25. The summed E-state index contributed by atoms with van der Waals surface area (Å²) < 4.78 is 4.98. The summed E-state index contributed by atoms with van der Waals surface area (Å²) in [7, 11) is 0. The number of piperazine rings is 1. The second kappa shape index (κ2) is 8.93. The minimum Gasteiger partial charge on any atom is -0.450 e. The summed E-state index contributed by atoms with van der Waals surface area (Å²) in [5.74, 6) is 0.305. The van der Waals surface area contributed by atoms with Crippen molar-refractivity contribution in [1.82, 2.24) is 24.8 Å². The largest absolute Gasteiger partial charge is 0.450 e. The molecular weight excluding hydrogens is 348 g/mol. The van der Waals surface area contributed by atoms with Gasteiger partial charge < -0.3 is 19.9 Å². The molecule has 2 aromatic heterocycles. The molecule has 3 heterocycles. The van der Waals surface area contributed by atoms with E-state index in [9.17, 15) is 9.59 Å². The fraction of sp³-hybridized carbons (Fsp3) is 0.389. The lowest BCUT2D eigenvalue weighted by atomic mass is 10.2. The summed E-state index contributed by atoms with van der Waals surface area (Å²) in [4.78, 5) is 40.0. The molecule has 0 unspecified atom stereocenters. The monoisotopic (exact) mass is 370 g/mol. The predicted octanol–water partition coefficient (Wildman–Crippen LogP) is 1.40. The third-order valence-corrected chi connectivity index (χ3v) is 4.17. The molecule has 0 spiro atoms. The fourth-order valence-electron chi connectivity index (χ4n) is 2.70. The van der Waals surface area contributed by atoms with E-state index in [1.807, 2.05) is 12.1 Å². The van der Waals surface area contributed by atoms with Crippen molar-refractivity contribution in [2.75, 3.05) is 38.1 Å². The molecule has 0 aliphatic carbocycles. The topological polar surface area (TPSA) is 101 Å². The molecule has 0 bridgehead atoms. The van der Waals surface area contributed by atoms with Crippen LogP contribution in [-0.2, 0) is 11.3 Å². The van der Waals surface area contributed by atoms with Crippen molar-refractivity contribution in [1.29, 1.82) is 0 Å². The first-order valence-corrected chi connectivity index (χ1v) is 8.83. The van der Waals surface area contributed by atoms with Crippen molar-refractivity contribution in [3.63, 3.8) is 0 Å². The van der Waals surface area contributed by atoms with E-state index in [-0.39, 0.29) is 12.0 Å². The van der Waals surface area contributed by atoms with Gasteiger partial charge in [0, 0.05) is 57.5 Å². The summed E-state index contributed by atoms with van der Waals surface area (Å²) in [5.41, 5.74) is 1.44. The van der Waals surface area contributed by atoms with E-state index in [0.29, 0.717) is 50.8 Å². The Hall–Kier alpha value is -3.23.